The molecule has 7 nitrogen and oxygen atoms in total. The van der Waals surface area contributed by atoms with Crippen LogP contribution < -0.4 is 20.1 Å². The van der Waals surface area contributed by atoms with Crippen LogP contribution >= 0.6 is 0 Å². The number of anilines is 3. The quantitative estimate of drug-likeness (QED) is 0.719. The summed E-state index contributed by atoms with van der Waals surface area (Å²) >= 11 is 0. The van der Waals surface area contributed by atoms with Gasteiger partial charge in [-0.05, 0) is 38.1 Å². The Labute approximate surface area is 162 Å². The van der Waals surface area contributed by atoms with E-state index in [0.717, 1.165) is 11.3 Å². The maximum absolute atomic E-state index is 12.6. The average molecular weight is 376 g/mol. The first-order valence-corrected chi connectivity index (χ1v) is 8.97. The Morgan fingerprint density at radius 2 is 1.61 bits per heavy atom. The number of nitrogens with one attached hydrogen (secondary N) is 2. The van der Waals surface area contributed by atoms with Crippen molar-refractivity contribution >= 4 is 23.1 Å². The second kappa shape index (κ2) is 7.56. The largest absolute Gasteiger partial charge is 0.486 e. The predicted molar refractivity (Wildman–Crippen MR) is 107 cm³/mol. The molecule has 0 aliphatic carbocycles. The Morgan fingerprint density at radius 3 is 2.39 bits per heavy atom. The van der Waals surface area contributed by atoms with Crippen LogP contribution in [0.5, 0.6) is 11.5 Å². The van der Waals surface area contributed by atoms with Crippen LogP contribution in [0.1, 0.15) is 21.9 Å². The second-order valence-electron chi connectivity index (χ2n) is 6.49. The van der Waals surface area contributed by atoms with Gasteiger partial charge >= 0.3 is 0 Å². The molecule has 142 valence electrons. The van der Waals surface area contributed by atoms with Crippen molar-refractivity contribution in [3.63, 3.8) is 0 Å². The SMILES string of the molecule is Cc1ccc(NC(=O)c2cc(Nc3ccc4c(c3)OCCO4)nc(C)n2)cc1. The number of aromatic nitrogens is 2. The van der Waals surface area contributed by atoms with Gasteiger partial charge in [-0.15, -0.1) is 0 Å². The molecule has 0 unspecified atom stereocenters. The molecule has 1 aliphatic rings. The minimum atomic E-state index is -0.292. The van der Waals surface area contributed by atoms with Crippen LogP contribution in [0.25, 0.3) is 0 Å². The molecule has 0 saturated carbocycles. The smallest absolute Gasteiger partial charge is 0.274 e. The second-order valence-corrected chi connectivity index (χ2v) is 6.49. The van der Waals surface area contributed by atoms with E-state index in [4.69, 9.17) is 9.47 Å². The van der Waals surface area contributed by atoms with Crippen molar-refractivity contribution in [1.82, 2.24) is 9.97 Å². The number of carbonyl (C=O) groups excluding carboxylic acids is 1. The molecule has 1 amide bonds. The summed E-state index contributed by atoms with van der Waals surface area (Å²) in [6, 6.07) is 14.8. The Kier molecular flexibility index (Phi) is 4.80. The van der Waals surface area contributed by atoms with Gasteiger partial charge in [0, 0.05) is 23.5 Å². The molecule has 2 aromatic carbocycles. The maximum Gasteiger partial charge on any atom is 0.274 e. The van der Waals surface area contributed by atoms with E-state index in [2.05, 4.69) is 20.6 Å². The molecule has 1 aromatic heterocycles. The number of benzene rings is 2. The number of fused-ring (bicyclic) bond motifs is 1. The van der Waals surface area contributed by atoms with Crippen LogP contribution in [-0.2, 0) is 0 Å². The van der Waals surface area contributed by atoms with Crippen molar-refractivity contribution in [3.8, 4) is 11.5 Å². The van der Waals surface area contributed by atoms with E-state index in [9.17, 15) is 4.79 Å². The molecule has 0 atom stereocenters. The van der Waals surface area contributed by atoms with Gasteiger partial charge in [0.2, 0.25) is 0 Å². The Balaban J connectivity index is 1.53. The normalized spacial score (nSPS) is 12.4. The molecular weight excluding hydrogens is 356 g/mol. The van der Waals surface area contributed by atoms with Crippen LogP contribution in [-0.4, -0.2) is 29.1 Å². The topological polar surface area (TPSA) is 85.4 Å². The van der Waals surface area contributed by atoms with Crippen molar-refractivity contribution in [3.05, 3.63) is 65.6 Å². The molecule has 28 heavy (non-hydrogen) atoms. The molecule has 4 rings (SSSR count). The van der Waals surface area contributed by atoms with E-state index in [0.29, 0.717) is 42.0 Å². The van der Waals surface area contributed by atoms with Gasteiger partial charge in [0.05, 0.1) is 0 Å². The summed E-state index contributed by atoms with van der Waals surface area (Å²) < 4.78 is 11.1. The fraction of sp³-hybridized carbons (Fsp3) is 0.190. The lowest BCUT2D eigenvalue weighted by Gasteiger charge is -2.19. The highest BCUT2D eigenvalue weighted by Crippen LogP contribution is 2.33. The van der Waals surface area contributed by atoms with Crippen molar-refractivity contribution < 1.29 is 14.3 Å². The molecule has 0 radical (unpaired) electrons. The van der Waals surface area contributed by atoms with Gasteiger partial charge in [0.15, 0.2) is 11.5 Å². The van der Waals surface area contributed by atoms with Crippen LogP contribution in [0.3, 0.4) is 0 Å². The Bertz CT molecular complexity index is 1020. The monoisotopic (exact) mass is 376 g/mol. The van der Waals surface area contributed by atoms with Crippen LogP contribution in [0, 0.1) is 13.8 Å². The summed E-state index contributed by atoms with van der Waals surface area (Å²) in [6.07, 6.45) is 0. The minimum absolute atomic E-state index is 0.285. The molecular formula is C21H20N4O3. The number of rotatable bonds is 4. The lowest BCUT2D eigenvalue weighted by atomic mass is 10.2. The Hall–Kier alpha value is -3.61. The third kappa shape index (κ3) is 4.03. The third-order valence-corrected chi connectivity index (χ3v) is 4.19. The highest BCUT2D eigenvalue weighted by Gasteiger charge is 2.14. The minimum Gasteiger partial charge on any atom is -0.486 e. The summed E-state index contributed by atoms with van der Waals surface area (Å²) in [5, 5.41) is 6.05. The number of carbonyl (C=O) groups is 1. The van der Waals surface area contributed by atoms with E-state index in [1.807, 2.05) is 49.4 Å². The van der Waals surface area contributed by atoms with Gasteiger partial charge in [-0.2, -0.15) is 0 Å². The highest BCUT2D eigenvalue weighted by atomic mass is 16.6. The van der Waals surface area contributed by atoms with Crippen LogP contribution in [0.2, 0.25) is 0 Å². The van der Waals surface area contributed by atoms with Crippen molar-refractivity contribution in [2.75, 3.05) is 23.8 Å². The third-order valence-electron chi connectivity index (χ3n) is 4.19. The Morgan fingerprint density at radius 1 is 0.893 bits per heavy atom. The fourth-order valence-corrected chi connectivity index (χ4v) is 2.85. The molecule has 0 spiro atoms. The number of hydrogen-bond acceptors (Lipinski definition) is 6. The first kappa shape index (κ1) is 17.8. The fourth-order valence-electron chi connectivity index (χ4n) is 2.85. The standard InChI is InChI=1S/C21H20N4O3/c1-13-3-5-15(6-4-13)25-21(26)17-12-20(23-14(2)22-17)24-16-7-8-18-19(11-16)28-10-9-27-18/h3-8,11-12H,9-10H2,1-2H3,(H,25,26)(H,22,23,24). The van der Waals surface area contributed by atoms with E-state index < -0.39 is 0 Å². The van der Waals surface area contributed by atoms with Crippen molar-refractivity contribution in [2.45, 2.75) is 13.8 Å². The maximum atomic E-state index is 12.6. The predicted octanol–water partition coefficient (Wildman–Crippen LogP) is 3.86. The summed E-state index contributed by atoms with van der Waals surface area (Å²) in [5.41, 5.74) is 2.91. The lowest BCUT2D eigenvalue weighted by Crippen LogP contribution is -2.16. The van der Waals surface area contributed by atoms with Crippen molar-refractivity contribution in [2.24, 2.45) is 0 Å². The molecule has 0 bridgehead atoms. The van der Waals surface area contributed by atoms with Crippen LogP contribution in [0.4, 0.5) is 17.2 Å². The zero-order valence-corrected chi connectivity index (χ0v) is 15.7. The van der Waals surface area contributed by atoms with Crippen molar-refractivity contribution in [1.29, 1.82) is 0 Å². The molecule has 7 heteroatoms. The summed E-state index contributed by atoms with van der Waals surface area (Å²) in [7, 11) is 0. The zero-order valence-electron chi connectivity index (χ0n) is 15.7. The number of ether oxygens (including phenoxy) is 2. The molecule has 0 saturated heterocycles. The number of aryl methyl sites for hydroxylation is 2. The summed E-state index contributed by atoms with van der Waals surface area (Å²) in [5.74, 6) is 2.13. The van der Waals surface area contributed by atoms with Gasteiger partial charge in [-0.1, -0.05) is 17.7 Å². The van der Waals surface area contributed by atoms with Gasteiger partial charge in [-0.25, -0.2) is 9.97 Å². The van der Waals surface area contributed by atoms with E-state index >= 15 is 0 Å². The number of amides is 1. The molecule has 1 aliphatic heterocycles. The number of hydrogen-bond donors (Lipinski definition) is 2. The first-order valence-electron chi connectivity index (χ1n) is 8.97. The van der Waals surface area contributed by atoms with Gasteiger partial charge in [-0.3, -0.25) is 4.79 Å². The molecule has 3 aromatic rings. The van der Waals surface area contributed by atoms with Gasteiger partial charge in [0.25, 0.3) is 5.91 Å². The van der Waals surface area contributed by atoms with Crippen LogP contribution in [0.15, 0.2) is 48.5 Å². The molecule has 2 N–H and O–H groups in total. The van der Waals surface area contributed by atoms with E-state index in [-0.39, 0.29) is 11.6 Å². The summed E-state index contributed by atoms with van der Waals surface area (Å²) in [4.78, 5) is 21.2. The van der Waals surface area contributed by atoms with Gasteiger partial charge in [0.1, 0.15) is 30.5 Å². The first-order chi connectivity index (χ1) is 13.6. The number of nitrogens with zero attached hydrogens (tertiary/aromatic N) is 2. The summed E-state index contributed by atoms with van der Waals surface area (Å²) in [6.45, 7) is 4.81. The average Bonchev–Trinajstić information content (AvgIpc) is 2.69. The van der Waals surface area contributed by atoms with Gasteiger partial charge < -0.3 is 20.1 Å². The van der Waals surface area contributed by atoms with E-state index in [1.165, 1.54) is 0 Å². The molecule has 0 fully saturated rings. The zero-order chi connectivity index (χ0) is 19.5. The molecule has 2 heterocycles. The highest BCUT2D eigenvalue weighted by molar-refractivity contribution is 6.03. The lowest BCUT2D eigenvalue weighted by molar-refractivity contribution is 0.102. The van der Waals surface area contributed by atoms with E-state index in [1.54, 1.807) is 13.0 Å².